The van der Waals surface area contributed by atoms with E-state index in [1.807, 2.05) is 36.4 Å². The molecule has 3 rings (SSSR count). The van der Waals surface area contributed by atoms with Gasteiger partial charge in [-0.05, 0) is 72.4 Å². The molecule has 0 saturated carbocycles. The molecule has 0 heterocycles. The van der Waals surface area contributed by atoms with Gasteiger partial charge in [-0.15, -0.1) is 0 Å². The number of aliphatic carboxylic acids is 1. The number of amides is 2. The summed E-state index contributed by atoms with van der Waals surface area (Å²) in [5, 5.41) is 12.3. The summed E-state index contributed by atoms with van der Waals surface area (Å²) in [6, 6.07) is 20.9. The molecule has 3 aromatic rings. The number of carboxylic acids is 1. The van der Waals surface area contributed by atoms with Crippen LogP contribution in [0.4, 0.5) is 14.9 Å². The molecule has 1 unspecified atom stereocenters. The Balaban J connectivity index is 1.53. The third kappa shape index (κ3) is 11.1. The maximum Gasteiger partial charge on any atom is 0.333 e. The molecule has 226 valence electrons. The number of halogens is 1. The monoisotopic (exact) mass is 580 g/mol. The predicted octanol–water partition coefficient (Wildman–Crippen LogP) is 6.50. The molecule has 2 N–H and O–H groups in total. The average Bonchev–Trinajstić information content (AvgIpc) is 2.97. The largest absolute Gasteiger partial charge is 0.492 e. The van der Waals surface area contributed by atoms with Gasteiger partial charge < -0.3 is 29.5 Å². The van der Waals surface area contributed by atoms with Gasteiger partial charge in [0.15, 0.2) is 6.10 Å². The molecule has 0 radical (unpaired) electrons. The molecule has 0 fully saturated rings. The van der Waals surface area contributed by atoms with E-state index in [-0.39, 0.29) is 24.9 Å². The Morgan fingerprint density at radius 3 is 2.19 bits per heavy atom. The molecule has 2 amide bonds. The van der Waals surface area contributed by atoms with Crippen LogP contribution in [0.25, 0.3) is 0 Å². The topological polar surface area (TPSA) is 97.3 Å². The highest BCUT2D eigenvalue weighted by Crippen LogP contribution is 2.18. The summed E-state index contributed by atoms with van der Waals surface area (Å²) >= 11 is 0. The van der Waals surface area contributed by atoms with E-state index in [1.54, 1.807) is 36.1 Å². The van der Waals surface area contributed by atoms with Gasteiger partial charge in [-0.25, -0.2) is 14.0 Å². The minimum Gasteiger partial charge on any atom is -0.492 e. The first kappa shape index (κ1) is 32.6. The normalized spacial score (nSPS) is 11.7. The minimum atomic E-state index is -0.993. The van der Waals surface area contributed by atoms with Crippen molar-refractivity contribution in [1.82, 2.24) is 4.90 Å². The Kier molecular flexibility index (Phi) is 13.3. The highest BCUT2D eigenvalue weighted by atomic mass is 19.1. The van der Waals surface area contributed by atoms with Crippen molar-refractivity contribution in [3.8, 4) is 5.75 Å². The van der Waals surface area contributed by atoms with E-state index in [0.29, 0.717) is 56.7 Å². The van der Waals surface area contributed by atoms with E-state index in [0.717, 1.165) is 11.1 Å². The molecule has 0 aliphatic rings. The first-order valence-electron chi connectivity index (χ1n) is 14.3. The maximum absolute atomic E-state index is 13.2. The van der Waals surface area contributed by atoms with Crippen molar-refractivity contribution in [2.75, 3.05) is 38.2 Å². The molecule has 0 bridgehead atoms. The van der Waals surface area contributed by atoms with Crippen LogP contribution in [-0.4, -0.2) is 61.0 Å². The summed E-state index contributed by atoms with van der Waals surface area (Å²) in [7, 11) is 0. The molecule has 0 aromatic heterocycles. The van der Waals surface area contributed by atoms with Crippen molar-refractivity contribution >= 4 is 17.7 Å². The lowest BCUT2D eigenvalue weighted by atomic mass is 10.0. The van der Waals surface area contributed by atoms with Crippen LogP contribution < -0.4 is 10.1 Å². The van der Waals surface area contributed by atoms with Gasteiger partial charge in [0, 0.05) is 31.9 Å². The van der Waals surface area contributed by atoms with Crippen LogP contribution in [0.5, 0.6) is 5.75 Å². The SMILES string of the molecule is CCOC(Cc1ccc(OCCN(CCCOCc2ccc(F)cc2)C(=O)Nc2ccc(C(C)C)cc2)cc1)C(=O)O. The smallest absolute Gasteiger partial charge is 0.333 e. The molecule has 0 aliphatic heterocycles. The summed E-state index contributed by atoms with van der Waals surface area (Å²) in [5.74, 6) is -0.261. The molecule has 8 nitrogen and oxygen atoms in total. The van der Waals surface area contributed by atoms with Gasteiger partial charge in [0.25, 0.3) is 0 Å². The van der Waals surface area contributed by atoms with Crippen LogP contribution in [0.2, 0.25) is 0 Å². The van der Waals surface area contributed by atoms with E-state index >= 15 is 0 Å². The quantitative estimate of drug-likeness (QED) is 0.177. The summed E-state index contributed by atoms with van der Waals surface area (Å²) in [6.45, 7) is 8.20. The number of nitrogens with zero attached hydrogens (tertiary/aromatic N) is 1. The zero-order chi connectivity index (χ0) is 30.3. The minimum absolute atomic E-state index is 0.236. The van der Waals surface area contributed by atoms with Crippen molar-refractivity contribution in [2.24, 2.45) is 0 Å². The fraction of sp³-hybridized carbons (Fsp3) is 0.394. The number of nitrogens with one attached hydrogen (secondary N) is 1. The summed E-state index contributed by atoms with van der Waals surface area (Å²) in [4.78, 5) is 26.2. The lowest BCUT2D eigenvalue weighted by molar-refractivity contribution is -0.149. The Hall–Kier alpha value is -3.95. The summed E-state index contributed by atoms with van der Waals surface area (Å²) < 4.78 is 30.0. The molecule has 0 aliphatic carbocycles. The number of carboxylic acid groups (broad SMARTS) is 1. The highest BCUT2D eigenvalue weighted by molar-refractivity contribution is 5.89. The molecular weight excluding hydrogens is 539 g/mol. The number of ether oxygens (including phenoxy) is 3. The number of hydrogen-bond acceptors (Lipinski definition) is 5. The van der Waals surface area contributed by atoms with E-state index < -0.39 is 12.1 Å². The van der Waals surface area contributed by atoms with Crippen molar-refractivity contribution in [3.63, 3.8) is 0 Å². The van der Waals surface area contributed by atoms with Gasteiger partial charge in [-0.2, -0.15) is 0 Å². The number of urea groups is 1. The number of rotatable bonds is 17. The zero-order valence-corrected chi connectivity index (χ0v) is 24.6. The number of anilines is 1. The maximum atomic E-state index is 13.2. The highest BCUT2D eigenvalue weighted by Gasteiger charge is 2.18. The molecule has 9 heteroatoms. The van der Waals surface area contributed by atoms with E-state index in [9.17, 15) is 19.1 Å². The number of carbonyl (C=O) groups is 2. The first-order chi connectivity index (χ1) is 20.2. The molecule has 1 atom stereocenters. The average molecular weight is 581 g/mol. The Bertz CT molecular complexity index is 1230. The second kappa shape index (κ2) is 17.1. The fourth-order valence-electron chi connectivity index (χ4n) is 4.23. The number of carbonyl (C=O) groups excluding carboxylic acids is 1. The van der Waals surface area contributed by atoms with Crippen molar-refractivity contribution in [2.45, 2.75) is 52.2 Å². The van der Waals surface area contributed by atoms with Crippen LogP contribution >= 0.6 is 0 Å². The zero-order valence-electron chi connectivity index (χ0n) is 24.6. The predicted molar refractivity (Wildman–Crippen MR) is 160 cm³/mol. The van der Waals surface area contributed by atoms with E-state index in [1.165, 1.54) is 17.7 Å². The Morgan fingerprint density at radius 1 is 0.905 bits per heavy atom. The molecule has 42 heavy (non-hydrogen) atoms. The lowest BCUT2D eigenvalue weighted by Gasteiger charge is -2.23. The second-order valence-electron chi connectivity index (χ2n) is 10.2. The molecule has 0 spiro atoms. The van der Waals surface area contributed by atoms with E-state index in [4.69, 9.17) is 14.2 Å². The summed E-state index contributed by atoms with van der Waals surface area (Å²) in [6.07, 6.45) is -0.0195. The third-order valence-electron chi connectivity index (χ3n) is 6.63. The van der Waals surface area contributed by atoms with Crippen LogP contribution in [0.3, 0.4) is 0 Å². The summed E-state index contributed by atoms with van der Waals surface area (Å²) in [5.41, 5.74) is 3.61. The van der Waals surface area contributed by atoms with Crippen molar-refractivity contribution in [1.29, 1.82) is 0 Å². The molecular formula is C33H41FN2O6. The fourth-order valence-corrected chi connectivity index (χ4v) is 4.23. The number of benzene rings is 3. The lowest BCUT2D eigenvalue weighted by Crippen LogP contribution is -2.39. The van der Waals surface area contributed by atoms with Gasteiger partial charge in [-0.1, -0.05) is 50.2 Å². The standard InChI is InChI=1S/C33H41FN2O6/c1-4-41-31(32(37)38)22-25-8-16-30(17-9-25)42-21-19-36(18-5-20-40-23-26-6-12-28(34)13-7-26)33(39)35-29-14-10-27(11-15-29)24(2)3/h6-17,24,31H,4-5,18-23H2,1-3H3,(H,35,39)(H,37,38). The van der Waals surface area contributed by atoms with Crippen LogP contribution in [0.15, 0.2) is 72.8 Å². The molecule has 0 saturated heterocycles. The molecule has 3 aromatic carbocycles. The van der Waals surface area contributed by atoms with Crippen LogP contribution in [-0.2, 0) is 27.3 Å². The first-order valence-corrected chi connectivity index (χ1v) is 14.3. The van der Waals surface area contributed by atoms with Gasteiger partial charge in [0.1, 0.15) is 18.2 Å². The van der Waals surface area contributed by atoms with Gasteiger partial charge in [0.2, 0.25) is 0 Å². The third-order valence-corrected chi connectivity index (χ3v) is 6.63. The van der Waals surface area contributed by atoms with Gasteiger partial charge in [0.05, 0.1) is 13.2 Å². The van der Waals surface area contributed by atoms with Crippen molar-refractivity contribution < 1.29 is 33.3 Å². The van der Waals surface area contributed by atoms with Crippen LogP contribution in [0, 0.1) is 5.82 Å². The number of hydrogen-bond donors (Lipinski definition) is 2. The Morgan fingerprint density at radius 2 is 1.57 bits per heavy atom. The second-order valence-corrected chi connectivity index (χ2v) is 10.2. The van der Waals surface area contributed by atoms with Crippen molar-refractivity contribution in [3.05, 3.63) is 95.3 Å². The Labute approximate surface area is 247 Å². The van der Waals surface area contributed by atoms with E-state index in [2.05, 4.69) is 19.2 Å². The van der Waals surface area contributed by atoms with Gasteiger partial charge in [-0.3, -0.25) is 0 Å². The van der Waals surface area contributed by atoms with Gasteiger partial charge >= 0.3 is 12.0 Å². The van der Waals surface area contributed by atoms with Crippen LogP contribution in [0.1, 0.15) is 49.8 Å².